The molecule has 2 N–H and O–H groups in total. The van der Waals surface area contributed by atoms with Crippen molar-refractivity contribution in [3.05, 3.63) is 58.3 Å². The van der Waals surface area contributed by atoms with Crippen LogP contribution in [0.25, 0.3) is 0 Å². The van der Waals surface area contributed by atoms with Crippen molar-refractivity contribution in [1.29, 1.82) is 0 Å². The zero-order chi connectivity index (χ0) is 19.1. The third kappa shape index (κ3) is 5.61. The van der Waals surface area contributed by atoms with Crippen molar-refractivity contribution in [3.63, 3.8) is 0 Å². The Labute approximate surface area is 157 Å². The van der Waals surface area contributed by atoms with Crippen molar-refractivity contribution in [2.24, 2.45) is 0 Å². The van der Waals surface area contributed by atoms with Crippen molar-refractivity contribution < 1.29 is 19.9 Å². The predicted molar refractivity (Wildman–Crippen MR) is 102 cm³/mol. The van der Waals surface area contributed by atoms with Crippen LogP contribution in [0.1, 0.15) is 12.5 Å². The van der Waals surface area contributed by atoms with Gasteiger partial charge in [0.05, 0.1) is 11.5 Å². The maximum atomic E-state index is 11.6. The number of anilines is 1. The number of pyridine rings is 1. The highest BCUT2D eigenvalue weighted by atomic mass is 33.1. The fourth-order valence-electron chi connectivity index (χ4n) is 2.03. The van der Waals surface area contributed by atoms with Crippen LogP contribution >= 0.6 is 21.6 Å². The van der Waals surface area contributed by atoms with Gasteiger partial charge in [0.2, 0.25) is 0 Å². The highest BCUT2D eigenvalue weighted by molar-refractivity contribution is 8.76. The molecule has 0 bridgehead atoms. The van der Waals surface area contributed by atoms with Crippen molar-refractivity contribution in [2.45, 2.75) is 23.7 Å². The van der Waals surface area contributed by atoms with Crippen molar-refractivity contribution in [1.82, 2.24) is 4.98 Å². The molecule has 0 aliphatic carbocycles. The molecular weight excluding hydrogens is 378 g/mol. The van der Waals surface area contributed by atoms with Gasteiger partial charge in [-0.15, -0.1) is 0 Å². The Morgan fingerprint density at radius 2 is 2.00 bits per heavy atom. The van der Waals surface area contributed by atoms with Crippen LogP contribution in [0.15, 0.2) is 47.5 Å². The van der Waals surface area contributed by atoms with Crippen LogP contribution in [-0.2, 0) is 6.61 Å². The Morgan fingerprint density at radius 1 is 1.31 bits per heavy atom. The highest BCUT2D eigenvalue weighted by Gasteiger charge is 2.18. The first kappa shape index (κ1) is 20.0. The Balaban J connectivity index is 1.95. The van der Waals surface area contributed by atoms with Gasteiger partial charge in [0.15, 0.2) is 6.20 Å². The second-order valence-corrected chi connectivity index (χ2v) is 8.03. The van der Waals surface area contributed by atoms with E-state index in [-0.39, 0.29) is 24.2 Å². The van der Waals surface area contributed by atoms with E-state index < -0.39 is 11.0 Å². The molecule has 1 amide bonds. The second kappa shape index (κ2) is 9.41. The number of benzene rings is 1. The molecule has 0 saturated carbocycles. The van der Waals surface area contributed by atoms with Gasteiger partial charge in [0, 0.05) is 23.5 Å². The fraction of sp³-hybridized carbons (Fsp3) is 0.250. The lowest BCUT2D eigenvalue weighted by molar-refractivity contribution is -0.389. The first-order valence-corrected chi connectivity index (χ1v) is 9.76. The zero-order valence-electron chi connectivity index (χ0n) is 13.8. The van der Waals surface area contributed by atoms with E-state index in [0.717, 1.165) is 4.90 Å². The molecule has 0 saturated heterocycles. The number of carbonyl (C=O) groups is 1. The van der Waals surface area contributed by atoms with Crippen LogP contribution in [0.4, 0.5) is 16.3 Å². The van der Waals surface area contributed by atoms with E-state index in [0.29, 0.717) is 11.3 Å². The topological polar surface area (TPSA) is 117 Å². The molecule has 1 unspecified atom stereocenters. The lowest BCUT2D eigenvalue weighted by atomic mass is 10.2. The van der Waals surface area contributed by atoms with Crippen LogP contribution in [0.2, 0.25) is 0 Å². The molecule has 0 aliphatic heterocycles. The number of aliphatic hydroxyl groups is 1. The lowest BCUT2D eigenvalue weighted by Gasteiger charge is -2.22. The van der Waals surface area contributed by atoms with Crippen LogP contribution in [0, 0.1) is 10.1 Å². The summed E-state index contributed by atoms with van der Waals surface area (Å²) < 4.78 is 0. The molecule has 0 fully saturated rings. The van der Waals surface area contributed by atoms with Gasteiger partial charge in [-0.25, -0.2) is 4.79 Å². The largest absolute Gasteiger partial charge is 0.465 e. The summed E-state index contributed by atoms with van der Waals surface area (Å²) in [5, 5.41) is 29.1. The summed E-state index contributed by atoms with van der Waals surface area (Å²) in [6, 6.07) is 9.62. The van der Waals surface area contributed by atoms with Gasteiger partial charge in [0.1, 0.15) is 0 Å². The zero-order valence-corrected chi connectivity index (χ0v) is 15.4. The number of rotatable bonds is 8. The van der Waals surface area contributed by atoms with Crippen LogP contribution < -0.4 is 4.90 Å². The molecule has 0 aliphatic rings. The normalized spacial score (nSPS) is 11.8. The van der Waals surface area contributed by atoms with E-state index >= 15 is 0 Å². The van der Waals surface area contributed by atoms with Gasteiger partial charge in [-0.05, 0) is 33.7 Å². The van der Waals surface area contributed by atoms with Crippen molar-refractivity contribution in [3.8, 4) is 0 Å². The molecular formula is C16H17N3O5S2. The lowest BCUT2D eigenvalue weighted by Crippen LogP contribution is -2.34. The quantitative estimate of drug-likeness (QED) is 0.394. The molecule has 26 heavy (non-hydrogen) atoms. The summed E-state index contributed by atoms with van der Waals surface area (Å²) in [6.45, 7) is 2.07. The van der Waals surface area contributed by atoms with E-state index in [9.17, 15) is 20.0 Å². The van der Waals surface area contributed by atoms with E-state index in [1.807, 2.05) is 6.92 Å². The summed E-state index contributed by atoms with van der Waals surface area (Å²) in [4.78, 5) is 27.3. The molecule has 10 heteroatoms. The van der Waals surface area contributed by atoms with Crippen molar-refractivity contribution >= 4 is 39.2 Å². The third-order valence-electron chi connectivity index (χ3n) is 3.32. The van der Waals surface area contributed by atoms with Crippen LogP contribution in [-0.4, -0.2) is 38.0 Å². The van der Waals surface area contributed by atoms with Crippen molar-refractivity contribution in [2.75, 3.05) is 11.4 Å². The molecule has 138 valence electrons. The van der Waals surface area contributed by atoms with E-state index in [4.69, 9.17) is 5.11 Å². The number of amides is 1. The number of aromatic nitrogens is 1. The van der Waals surface area contributed by atoms with E-state index in [2.05, 4.69) is 4.98 Å². The van der Waals surface area contributed by atoms with E-state index in [1.54, 1.807) is 30.3 Å². The highest BCUT2D eigenvalue weighted by Crippen LogP contribution is 2.35. The molecule has 1 heterocycles. The number of nitro groups is 1. The first-order valence-electron chi connectivity index (χ1n) is 7.54. The van der Waals surface area contributed by atoms with Gasteiger partial charge in [-0.2, -0.15) is 0 Å². The summed E-state index contributed by atoms with van der Waals surface area (Å²) in [5.41, 5.74) is 1.24. The molecule has 1 atom stereocenters. The summed E-state index contributed by atoms with van der Waals surface area (Å²) >= 11 is 0. The standard InChI is InChI=1S/C16H17N3O5S2/c1-11(25-26-14-6-7-15(17-8-14)19(23)24)9-18(16(21)22)13-4-2-12(10-20)3-5-13/h2-8,11,20H,9-10H2,1H3,(H,21,22). The second-order valence-electron chi connectivity index (χ2n) is 5.32. The van der Waals surface area contributed by atoms with Gasteiger partial charge < -0.3 is 20.3 Å². The number of carboxylic acid groups (broad SMARTS) is 1. The molecule has 1 aromatic carbocycles. The van der Waals surface area contributed by atoms with Crippen LogP contribution in [0.3, 0.4) is 0 Å². The van der Waals surface area contributed by atoms with Gasteiger partial charge >= 0.3 is 11.9 Å². The maximum Gasteiger partial charge on any atom is 0.411 e. The molecule has 2 rings (SSSR count). The summed E-state index contributed by atoms with van der Waals surface area (Å²) in [7, 11) is 2.84. The fourth-order valence-corrected chi connectivity index (χ4v) is 4.04. The SMILES string of the molecule is CC(CN(C(=O)O)c1ccc(CO)cc1)SSc1ccc([N+](=O)[O-])nc1. The monoisotopic (exact) mass is 395 g/mol. The average molecular weight is 395 g/mol. The van der Waals surface area contributed by atoms with Gasteiger partial charge in [-0.3, -0.25) is 4.90 Å². The number of aliphatic hydroxyl groups excluding tert-OH is 1. The maximum absolute atomic E-state index is 11.6. The summed E-state index contributed by atoms with van der Waals surface area (Å²) in [6.07, 6.45) is 0.363. The minimum absolute atomic E-state index is 0.0381. The Hall–Kier alpha value is -2.30. The first-order chi connectivity index (χ1) is 12.4. The Bertz CT molecular complexity index is 755. The molecule has 0 spiro atoms. The van der Waals surface area contributed by atoms with Gasteiger partial charge in [-0.1, -0.05) is 40.6 Å². The van der Waals surface area contributed by atoms with E-state index in [1.165, 1.54) is 38.8 Å². The van der Waals surface area contributed by atoms with Gasteiger partial charge in [0.25, 0.3) is 0 Å². The third-order valence-corrected chi connectivity index (χ3v) is 6.18. The number of hydrogen-bond donors (Lipinski definition) is 2. The minimum atomic E-state index is -1.06. The molecule has 8 nitrogen and oxygen atoms in total. The summed E-state index contributed by atoms with van der Waals surface area (Å²) in [5.74, 6) is -0.212. The molecule has 1 aromatic heterocycles. The Kier molecular flexibility index (Phi) is 7.25. The van der Waals surface area contributed by atoms with Crippen LogP contribution in [0.5, 0.6) is 0 Å². The number of nitrogens with zero attached hydrogens (tertiary/aromatic N) is 3. The average Bonchev–Trinajstić information content (AvgIpc) is 2.64. The number of hydrogen-bond acceptors (Lipinski definition) is 7. The molecule has 2 aromatic rings. The Morgan fingerprint density at radius 3 is 2.50 bits per heavy atom. The minimum Gasteiger partial charge on any atom is -0.465 e. The predicted octanol–water partition coefficient (Wildman–Crippen LogP) is 3.80. The molecule has 0 radical (unpaired) electrons. The smallest absolute Gasteiger partial charge is 0.411 e.